The first-order chi connectivity index (χ1) is 8.61. The van der Waals surface area contributed by atoms with Crippen LogP contribution in [0.1, 0.15) is 32.8 Å². The van der Waals surface area contributed by atoms with Gasteiger partial charge in [-0.3, -0.25) is 10.1 Å². The summed E-state index contributed by atoms with van der Waals surface area (Å²) in [7, 11) is 0. The van der Waals surface area contributed by atoms with Gasteiger partial charge in [0, 0.05) is 0 Å². The number of aromatic carboxylic acids is 1. The summed E-state index contributed by atoms with van der Waals surface area (Å²) < 4.78 is 4.72. The molecular formula is C10H9N3O4S. The highest BCUT2D eigenvalue weighted by atomic mass is 32.1. The summed E-state index contributed by atoms with van der Waals surface area (Å²) in [4.78, 5) is 22.6. The second kappa shape index (κ2) is 4.96. The average Bonchev–Trinajstić information content (AvgIpc) is 2.96. The predicted octanol–water partition coefficient (Wildman–Crippen LogP) is 1.64. The highest BCUT2D eigenvalue weighted by Crippen LogP contribution is 2.18. The van der Waals surface area contributed by atoms with Gasteiger partial charge in [-0.05, 0) is 12.5 Å². The maximum absolute atomic E-state index is 11.8. The van der Waals surface area contributed by atoms with Crippen molar-refractivity contribution in [2.24, 2.45) is 0 Å². The predicted molar refractivity (Wildman–Crippen MR) is 62.9 cm³/mol. The zero-order chi connectivity index (χ0) is 13.1. The Morgan fingerprint density at radius 3 is 2.89 bits per heavy atom. The number of aryl methyl sites for hydroxylation is 1. The molecule has 0 aliphatic heterocycles. The molecule has 2 aromatic rings. The van der Waals surface area contributed by atoms with E-state index < -0.39 is 17.6 Å². The Morgan fingerprint density at radius 1 is 1.50 bits per heavy atom. The lowest BCUT2D eigenvalue weighted by atomic mass is 10.2. The maximum atomic E-state index is 11.8. The lowest BCUT2D eigenvalue weighted by Gasteiger charge is -1.98. The summed E-state index contributed by atoms with van der Waals surface area (Å²) in [5.41, 5.74) is -0.0456. The minimum absolute atomic E-state index is 0.0456. The van der Waals surface area contributed by atoms with E-state index in [0.717, 1.165) is 17.7 Å². The standard InChI is InChI=1S/C10H9N3O4S/c1-2-6-12-13-10(18-6)11-8(14)5-3-4-17-7(5)9(15)16/h3-4H,2H2,1H3,(H,15,16)(H,11,13,14). The Balaban J connectivity index is 2.16. The highest BCUT2D eigenvalue weighted by molar-refractivity contribution is 7.15. The number of hydrogen-bond acceptors (Lipinski definition) is 6. The molecule has 0 spiro atoms. The van der Waals surface area contributed by atoms with Gasteiger partial charge in [0.25, 0.3) is 5.91 Å². The van der Waals surface area contributed by atoms with Gasteiger partial charge in [0.05, 0.1) is 11.8 Å². The number of hydrogen-bond donors (Lipinski definition) is 2. The van der Waals surface area contributed by atoms with Crippen LogP contribution in [-0.4, -0.2) is 27.2 Å². The second-order valence-electron chi connectivity index (χ2n) is 3.28. The minimum Gasteiger partial charge on any atom is -0.475 e. The molecule has 8 heteroatoms. The number of carbonyl (C=O) groups excluding carboxylic acids is 1. The zero-order valence-electron chi connectivity index (χ0n) is 9.34. The highest BCUT2D eigenvalue weighted by Gasteiger charge is 2.21. The topological polar surface area (TPSA) is 105 Å². The maximum Gasteiger partial charge on any atom is 0.372 e. The fraction of sp³-hybridized carbons (Fsp3) is 0.200. The van der Waals surface area contributed by atoms with Crippen molar-refractivity contribution in [3.05, 3.63) is 28.7 Å². The molecule has 0 aromatic carbocycles. The molecule has 7 nitrogen and oxygen atoms in total. The third-order valence-corrected chi connectivity index (χ3v) is 3.08. The Morgan fingerprint density at radius 2 is 2.28 bits per heavy atom. The number of carboxylic acids is 1. The Labute approximate surface area is 105 Å². The fourth-order valence-corrected chi connectivity index (χ4v) is 1.94. The van der Waals surface area contributed by atoms with Gasteiger partial charge in [0.2, 0.25) is 10.9 Å². The molecule has 0 radical (unpaired) electrons. The third-order valence-electron chi connectivity index (χ3n) is 2.09. The zero-order valence-corrected chi connectivity index (χ0v) is 10.2. The third kappa shape index (κ3) is 2.38. The van der Waals surface area contributed by atoms with Crippen molar-refractivity contribution in [1.29, 1.82) is 0 Å². The summed E-state index contributed by atoms with van der Waals surface area (Å²) in [5, 5.41) is 20.0. The molecule has 0 aliphatic rings. The van der Waals surface area contributed by atoms with Crippen molar-refractivity contribution in [2.45, 2.75) is 13.3 Å². The van der Waals surface area contributed by atoms with Crippen molar-refractivity contribution in [2.75, 3.05) is 5.32 Å². The number of anilines is 1. The largest absolute Gasteiger partial charge is 0.475 e. The normalized spacial score (nSPS) is 10.3. The number of carboxylic acid groups (broad SMARTS) is 1. The number of nitrogens with one attached hydrogen (secondary N) is 1. The first-order valence-corrected chi connectivity index (χ1v) is 5.88. The van der Waals surface area contributed by atoms with Gasteiger partial charge < -0.3 is 9.52 Å². The van der Waals surface area contributed by atoms with Crippen LogP contribution < -0.4 is 5.32 Å². The number of furan rings is 1. The molecule has 0 unspecified atom stereocenters. The van der Waals surface area contributed by atoms with Crippen molar-refractivity contribution >= 4 is 28.3 Å². The fourth-order valence-electron chi connectivity index (χ4n) is 1.27. The molecular weight excluding hydrogens is 258 g/mol. The SMILES string of the molecule is CCc1nnc(NC(=O)c2ccoc2C(=O)O)s1. The molecule has 94 valence electrons. The van der Waals surface area contributed by atoms with E-state index >= 15 is 0 Å². The second-order valence-corrected chi connectivity index (χ2v) is 4.34. The minimum atomic E-state index is -1.29. The summed E-state index contributed by atoms with van der Waals surface area (Å²) in [5.74, 6) is -2.27. The van der Waals surface area contributed by atoms with E-state index in [1.165, 1.54) is 17.4 Å². The molecule has 0 aliphatic carbocycles. The molecule has 0 saturated carbocycles. The number of nitrogens with zero attached hydrogens (tertiary/aromatic N) is 2. The van der Waals surface area contributed by atoms with E-state index in [4.69, 9.17) is 9.52 Å². The van der Waals surface area contributed by atoms with E-state index in [1.807, 2.05) is 6.92 Å². The quantitative estimate of drug-likeness (QED) is 0.872. The van der Waals surface area contributed by atoms with Crippen molar-refractivity contribution in [3.63, 3.8) is 0 Å². The molecule has 2 heterocycles. The van der Waals surface area contributed by atoms with Gasteiger partial charge in [-0.1, -0.05) is 18.3 Å². The first-order valence-electron chi connectivity index (χ1n) is 5.06. The first kappa shape index (κ1) is 12.2. The van der Waals surface area contributed by atoms with Crippen LogP contribution in [0.5, 0.6) is 0 Å². The summed E-state index contributed by atoms with van der Waals surface area (Å²) in [6, 6.07) is 1.29. The molecule has 2 rings (SSSR count). The molecule has 0 atom stereocenters. The number of rotatable bonds is 4. The molecule has 0 bridgehead atoms. The van der Waals surface area contributed by atoms with Crippen LogP contribution in [0.25, 0.3) is 0 Å². The molecule has 2 aromatic heterocycles. The summed E-state index contributed by atoms with van der Waals surface area (Å²) in [6.45, 7) is 1.92. The van der Waals surface area contributed by atoms with Crippen molar-refractivity contribution in [1.82, 2.24) is 10.2 Å². The Bertz CT molecular complexity index is 589. The van der Waals surface area contributed by atoms with Crippen LogP contribution in [0.3, 0.4) is 0 Å². The van der Waals surface area contributed by atoms with Crippen LogP contribution in [0.2, 0.25) is 0 Å². The average molecular weight is 267 g/mol. The van der Waals surface area contributed by atoms with E-state index in [1.54, 1.807) is 0 Å². The number of aromatic nitrogens is 2. The Hall–Kier alpha value is -2.22. The molecule has 0 saturated heterocycles. The molecule has 18 heavy (non-hydrogen) atoms. The van der Waals surface area contributed by atoms with Crippen molar-refractivity contribution < 1.29 is 19.1 Å². The van der Waals surface area contributed by atoms with Gasteiger partial charge in [-0.15, -0.1) is 10.2 Å². The van der Waals surface area contributed by atoms with Gasteiger partial charge in [-0.2, -0.15) is 0 Å². The smallest absolute Gasteiger partial charge is 0.372 e. The van der Waals surface area contributed by atoms with Gasteiger partial charge >= 0.3 is 5.97 Å². The van der Waals surface area contributed by atoms with E-state index in [-0.39, 0.29) is 5.56 Å². The number of amides is 1. The van der Waals surface area contributed by atoms with Crippen LogP contribution in [0.15, 0.2) is 16.7 Å². The lowest BCUT2D eigenvalue weighted by Crippen LogP contribution is -2.14. The lowest BCUT2D eigenvalue weighted by molar-refractivity contribution is 0.0657. The molecule has 0 fully saturated rings. The van der Waals surface area contributed by atoms with Gasteiger partial charge in [0.15, 0.2) is 0 Å². The van der Waals surface area contributed by atoms with Gasteiger partial charge in [0.1, 0.15) is 5.01 Å². The van der Waals surface area contributed by atoms with Crippen LogP contribution in [0, 0.1) is 0 Å². The van der Waals surface area contributed by atoms with Crippen molar-refractivity contribution in [3.8, 4) is 0 Å². The van der Waals surface area contributed by atoms with Crippen LogP contribution in [-0.2, 0) is 6.42 Å². The van der Waals surface area contributed by atoms with Gasteiger partial charge in [-0.25, -0.2) is 4.79 Å². The van der Waals surface area contributed by atoms with E-state index in [0.29, 0.717) is 5.13 Å². The Kier molecular flexibility index (Phi) is 3.38. The molecule has 1 amide bonds. The monoisotopic (exact) mass is 267 g/mol. The molecule has 2 N–H and O–H groups in total. The number of carbonyl (C=O) groups is 2. The summed E-state index contributed by atoms with van der Waals surface area (Å²) >= 11 is 1.24. The summed E-state index contributed by atoms with van der Waals surface area (Å²) in [6.07, 6.45) is 1.87. The van der Waals surface area contributed by atoms with Crippen LogP contribution >= 0.6 is 11.3 Å². The van der Waals surface area contributed by atoms with E-state index in [2.05, 4.69) is 15.5 Å². The van der Waals surface area contributed by atoms with Crippen LogP contribution in [0.4, 0.5) is 5.13 Å². The van der Waals surface area contributed by atoms with E-state index in [9.17, 15) is 9.59 Å².